The number of benzene rings is 1. The minimum absolute atomic E-state index is 0.180. The molecule has 0 amide bonds. The number of ether oxygens (including phenoxy) is 1. The highest BCUT2D eigenvalue weighted by Gasteiger charge is 2.35. The predicted octanol–water partition coefficient (Wildman–Crippen LogP) is 2.14. The second kappa shape index (κ2) is 4.61. The molecule has 0 bridgehead atoms. The number of rotatable bonds is 3. The van der Waals surface area contributed by atoms with Crippen LogP contribution in [0.15, 0.2) is 12.1 Å². The zero-order valence-electron chi connectivity index (χ0n) is 8.85. The van der Waals surface area contributed by atoms with E-state index in [1.807, 2.05) is 0 Å². The van der Waals surface area contributed by atoms with Gasteiger partial charge >= 0.3 is 6.18 Å². The Morgan fingerprint density at radius 3 is 2.44 bits per heavy atom. The Kier molecular flexibility index (Phi) is 3.64. The maximum Gasteiger partial charge on any atom is 0.420 e. The number of aromatic hydroxyl groups is 1. The third kappa shape index (κ3) is 2.57. The number of methoxy groups -OCH3 is 1. The zero-order valence-corrected chi connectivity index (χ0v) is 8.85. The van der Waals surface area contributed by atoms with Crippen LogP contribution >= 0.6 is 0 Å². The molecule has 0 aliphatic carbocycles. The van der Waals surface area contributed by atoms with Gasteiger partial charge in [0.2, 0.25) is 0 Å². The van der Waals surface area contributed by atoms with Crippen molar-refractivity contribution in [2.24, 2.45) is 0 Å². The lowest BCUT2D eigenvalue weighted by molar-refractivity contribution is -0.138. The molecule has 0 saturated carbocycles. The molecule has 0 fully saturated rings. The molecular formula is C10H12F3NO2. The first-order valence-electron chi connectivity index (χ1n) is 4.51. The van der Waals surface area contributed by atoms with E-state index in [1.54, 1.807) is 7.05 Å². The lowest BCUT2D eigenvalue weighted by Gasteiger charge is -2.14. The highest BCUT2D eigenvalue weighted by atomic mass is 19.4. The van der Waals surface area contributed by atoms with Gasteiger partial charge in [-0.15, -0.1) is 0 Å². The topological polar surface area (TPSA) is 41.5 Å². The summed E-state index contributed by atoms with van der Waals surface area (Å²) in [5.74, 6) is -1.06. The van der Waals surface area contributed by atoms with E-state index < -0.39 is 17.5 Å². The Morgan fingerprint density at radius 1 is 1.38 bits per heavy atom. The highest BCUT2D eigenvalue weighted by Crippen LogP contribution is 2.41. The van der Waals surface area contributed by atoms with E-state index in [4.69, 9.17) is 4.74 Å². The summed E-state index contributed by atoms with van der Waals surface area (Å²) >= 11 is 0. The standard InChI is InChI=1S/C10H12F3NO2/c1-14-5-6-3-7(10(11,12)13)9(15)8(4-6)16-2/h3-4,14-15H,5H2,1-2H3. The van der Waals surface area contributed by atoms with Gasteiger partial charge in [-0.2, -0.15) is 13.2 Å². The van der Waals surface area contributed by atoms with Crippen LogP contribution in [0.3, 0.4) is 0 Å². The fraction of sp³-hybridized carbons (Fsp3) is 0.400. The fourth-order valence-electron chi connectivity index (χ4n) is 1.34. The van der Waals surface area contributed by atoms with Crippen LogP contribution in [-0.4, -0.2) is 19.3 Å². The van der Waals surface area contributed by atoms with Crippen molar-refractivity contribution in [2.45, 2.75) is 12.7 Å². The molecule has 16 heavy (non-hydrogen) atoms. The van der Waals surface area contributed by atoms with E-state index in [1.165, 1.54) is 13.2 Å². The quantitative estimate of drug-likeness (QED) is 0.843. The minimum Gasteiger partial charge on any atom is -0.504 e. The van der Waals surface area contributed by atoms with Crippen molar-refractivity contribution in [1.82, 2.24) is 5.32 Å². The zero-order chi connectivity index (χ0) is 12.3. The van der Waals surface area contributed by atoms with Gasteiger partial charge < -0.3 is 15.2 Å². The average Bonchev–Trinajstić information content (AvgIpc) is 2.19. The Bertz CT molecular complexity index is 377. The number of hydrogen-bond acceptors (Lipinski definition) is 3. The molecule has 0 aliphatic heterocycles. The summed E-state index contributed by atoms with van der Waals surface area (Å²) in [6.07, 6.45) is -4.60. The molecule has 90 valence electrons. The summed E-state index contributed by atoms with van der Waals surface area (Å²) in [6, 6.07) is 2.26. The molecule has 1 aromatic rings. The van der Waals surface area contributed by atoms with Crippen molar-refractivity contribution in [2.75, 3.05) is 14.2 Å². The Balaban J connectivity index is 3.30. The maximum absolute atomic E-state index is 12.5. The van der Waals surface area contributed by atoms with Crippen molar-refractivity contribution >= 4 is 0 Å². The third-order valence-electron chi connectivity index (χ3n) is 2.04. The van der Waals surface area contributed by atoms with E-state index in [-0.39, 0.29) is 12.3 Å². The molecule has 1 aromatic carbocycles. The smallest absolute Gasteiger partial charge is 0.420 e. The molecule has 1 rings (SSSR count). The number of halogens is 3. The van der Waals surface area contributed by atoms with Gasteiger partial charge in [0.1, 0.15) is 5.56 Å². The van der Waals surface area contributed by atoms with E-state index in [0.29, 0.717) is 5.56 Å². The second-order valence-electron chi connectivity index (χ2n) is 3.22. The van der Waals surface area contributed by atoms with Crippen molar-refractivity contribution < 1.29 is 23.0 Å². The van der Waals surface area contributed by atoms with Gasteiger partial charge in [0.15, 0.2) is 11.5 Å². The van der Waals surface area contributed by atoms with Gasteiger partial charge in [-0.3, -0.25) is 0 Å². The van der Waals surface area contributed by atoms with Crippen molar-refractivity contribution in [3.05, 3.63) is 23.3 Å². The summed E-state index contributed by atoms with van der Waals surface area (Å²) < 4.78 is 42.3. The van der Waals surface area contributed by atoms with Gasteiger partial charge in [-0.25, -0.2) is 0 Å². The predicted molar refractivity (Wildman–Crippen MR) is 52.4 cm³/mol. The minimum atomic E-state index is -4.60. The molecule has 0 saturated heterocycles. The van der Waals surface area contributed by atoms with Crippen LogP contribution in [-0.2, 0) is 12.7 Å². The van der Waals surface area contributed by atoms with Crippen LogP contribution in [0, 0.1) is 0 Å². The summed E-state index contributed by atoms with van der Waals surface area (Å²) in [7, 11) is 2.82. The molecule has 0 aromatic heterocycles. The normalized spacial score (nSPS) is 11.6. The molecule has 0 atom stereocenters. The van der Waals surface area contributed by atoms with Gasteiger partial charge in [0.25, 0.3) is 0 Å². The largest absolute Gasteiger partial charge is 0.504 e. The summed E-state index contributed by atoms with van der Waals surface area (Å²) in [5, 5.41) is 12.1. The van der Waals surface area contributed by atoms with Gasteiger partial charge in [0, 0.05) is 6.54 Å². The van der Waals surface area contributed by atoms with Crippen LogP contribution in [0.25, 0.3) is 0 Å². The molecule has 2 N–H and O–H groups in total. The van der Waals surface area contributed by atoms with Crippen LogP contribution in [0.1, 0.15) is 11.1 Å². The lowest BCUT2D eigenvalue weighted by Crippen LogP contribution is -2.10. The summed E-state index contributed by atoms with van der Waals surface area (Å²) in [5.41, 5.74) is -0.693. The molecule has 0 radical (unpaired) electrons. The molecule has 3 nitrogen and oxygen atoms in total. The first kappa shape index (κ1) is 12.6. The number of alkyl halides is 3. The SMILES string of the molecule is CNCc1cc(OC)c(O)c(C(F)(F)F)c1. The molecule has 0 heterocycles. The monoisotopic (exact) mass is 235 g/mol. The first-order chi connectivity index (χ1) is 7.40. The number of nitrogens with one attached hydrogen (secondary N) is 1. The fourth-order valence-corrected chi connectivity index (χ4v) is 1.34. The van der Waals surface area contributed by atoms with Gasteiger partial charge in [0.05, 0.1) is 7.11 Å². The number of phenols is 1. The third-order valence-corrected chi connectivity index (χ3v) is 2.04. The highest BCUT2D eigenvalue weighted by molar-refractivity contribution is 5.49. The Morgan fingerprint density at radius 2 is 2.00 bits per heavy atom. The van der Waals surface area contributed by atoms with Gasteiger partial charge in [-0.1, -0.05) is 0 Å². The van der Waals surface area contributed by atoms with E-state index in [2.05, 4.69) is 5.32 Å². The average molecular weight is 235 g/mol. The lowest BCUT2D eigenvalue weighted by atomic mass is 10.1. The van der Waals surface area contributed by atoms with Crippen LogP contribution < -0.4 is 10.1 Å². The number of phenolic OH excluding ortho intramolecular Hbond substituents is 1. The Labute approximate surface area is 90.8 Å². The maximum atomic E-state index is 12.5. The van der Waals surface area contributed by atoms with Crippen LogP contribution in [0.4, 0.5) is 13.2 Å². The van der Waals surface area contributed by atoms with Crippen LogP contribution in [0.2, 0.25) is 0 Å². The molecule has 0 unspecified atom stereocenters. The number of hydrogen-bond donors (Lipinski definition) is 2. The summed E-state index contributed by atoms with van der Waals surface area (Å²) in [6.45, 7) is 0.264. The van der Waals surface area contributed by atoms with Crippen LogP contribution in [0.5, 0.6) is 11.5 Å². The molecule has 0 spiro atoms. The molecule has 0 aliphatic rings. The van der Waals surface area contributed by atoms with Gasteiger partial charge in [-0.05, 0) is 24.7 Å². The molecule has 6 heteroatoms. The van der Waals surface area contributed by atoms with E-state index in [9.17, 15) is 18.3 Å². The summed E-state index contributed by atoms with van der Waals surface area (Å²) in [4.78, 5) is 0. The molecular weight excluding hydrogens is 223 g/mol. The Hall–Kier alpha value is -1.43. The van der Waals surface area contributed by atoms with E-state index >= 15 is 0 Å². The van der Waals surface area contributed by atoms with Crippen molar-refractivity contribution in [3.63, 3.8) is 0 Å². The van der Waals surface area contributed by atoms with E-state index in [0.717, 1.165) is 6.07 Å². The first-order valence-corrected chi connectivity index (χ1v) is 4.51. The van der Waals surface area contributed by atoms with Crippen molar-refractivity contribution in [1.29, 1.82) is 0 Å². The second-order valence-corrected chi connectivity index (χ2v) is 3.22. The van der Waals surface area contributed by atoms with Crippen molar-refractivity contribution in [3.8, 4) is 11.5 Å².